The molecule has 0 bridgehead atoms. The van der Waals surface area contributed by atoms with Crippen LogP contribution in [0.4, 0.5) is 0 Å². The molecule has 10 heavy (non-hydrogen) atoms. The Morgan fingerprint density at radius 1 is 0.600 bits per heavy atom. The van der Waals surface area contributed by atoms with Gasteiger partial charge in [0.2, 0.25) is 0 Å². The van der Waals surface area contributed by atoms with Crippen LogP contribution >= 0.6 is 0 Å². The van der Waals surface area contributed by atoms with E-state index >= 15 is 0 Å². The van der Waals surface area contributed by atoms with Gasteiger partial charge in [-0.15, -0.1) is 0 Å². The molecule has 0 radical (unpaired) electrons. The standard InChI is InChI=1S/C7H14.C3H8/c1-2-4-6-7-5-3-1;1-3-2/h1-7H2;3H2,1-2H3. The van der Waals surface area contributed by atoms with Crippen LogP contribution in [0.3, 0.4) is 0 Å². The molecule has 0 amide bonds. The highest BCUT2D eigenvalue weighted by molar-refractivity contribution is 4.51. The molecule has 0 aromatic rings. The molecule has 0 N–H and O–H groups in total. The van der Waals surface area contributed by atoms with Crippen molar-refractivity contribution in [1.29, 1.82) is 0 Å². The molecular weight excluding hydrogens is 120 g/mol. The summed E-state index contributed by atoms with van der Waals surface area (Å²) >= 11 is 0. The van der Waals surface area contributed by atoms with E-state index in [1.807, 2.05) is 0 Å². The van der Waals surface area contributed by atoms with Gasteiger partial charge in [0.25, 0.3) is 0 Å². The van der Waals surface area contributed by atoms with Crippen molar-refractivity contribution >= 4 is 0 Å². The molecule has 0 aromatic heterocycles. The minimum atomic E-state index is 1.25. The van der Waals surface area contributed by atoms with Crippen molar-refractivity contribution in [2.24, 2.45) is 0 Å². The fraction of sp³-hybridized carbons (Fsp3) is 1.00. The third-order valence-corrected chi connectivity index (χ3v) is 1.75. The van der Waals surface area contributed by atoms with Crippen LogP contribution in [0.2, 0.25) is 0 Å². The highest BCUT2D eigenvalue weighted by atomic mass is 14.0. The molecule has 1 aliphatic carbocycles. The van der Waals surface area contributed by atoms with Gasteiger partial charge in [-0.3, -0.25) is 0 Å². The maximum absolute atomic E-state index is 2.12. The van der Waals surface area contributed by atoms with Crippen molar-refractivity contribution in [3.63, 3.8) is 0 Å². The van der Waals surface area contributed by atoms with E-state index in [9.17, 15) is 0 Å². The Morgan fingerprint density at radius 2 is 0.700 bits per heavy atom. The van der Waals surface area contributed by atoms with Crippen LogP contribution < -0.4 is 0 Å². The summed E-state index contributed by atoms with van der Waals surface area (Å²) in [5.41, 5.74) is 0. The lowest BCUT2D eigenvalue weighted by Crippen LogP contribution is -1.66. The maximum Gasteiger partial charge on any atom is -0.0533 e. The maximum atomic E-state index is 2.12. The van der Waals surface area contributed by atoms with Gasteiger partial charge >= 0.3 is 0 Å². The second kappa shape index (κ2) is 9.00. The van der Waals surface area contributed by atoms with E-state index in [4.69, 9.17) is 0 Å². The Labute approximate surface area is 66.0 Å². The van der Waals surface area contributed by atoms with E-state index in [2.05, 4.69) is 13.8 Å². The zero-order valence-corrected chi connectivity index (χ0v) is 7.66. The van der Waals surface area contributed by atoms with Gasteiger partial charge in [-0.2, -0.15) is 0 Å². The zero-order chi connectivity index (χ0) is 7.66. The van der Waals surface area contributed by atoms with Crippen LogP contribution in [0.15, 0.2) is 0 Å². The minimum absolute atomic E-state index is 1.25. The van der Waals surface area contributed by atoms with Gasteiger partial charge < -0.3 is 0 Å². The average Bonchev–Trinajstić information content (AvgIpc) is 2.17. The lowest BCUT2D eigenvalue weighted by molar-refractivity contribution is 0.702. The van der Waals surface area contributed by atoms with E-state index in [1.165, 1.54) is 51.4 Å². The summed E-state index contributed by atoms with van der Waals surface area (Å²) in [6.07, 6.45) is 11.8. The van der Waals surface area contributed by atoms with Gasteiger partial charge in [0.15, 0.2) is 0 Å². The molecule has 0 saturated heterocycles. The number of hydrogen-bond acceptors (Lipinski definition) is 0. The Kier molecular flexibility index (Phi) is 9.00. The van der Waals surface area contributed by atoms with E-state index in [0.717, 1.165) is 0 Å². The molecule has 1 fully saturated rings. The predicted octanol–water partition coefficient (Wildman–Crippen LogP) is 4.15. The summed E-state index contributed by atoms with van der Waals surface area (Å²) in [6, 6.07) is 0. The van der Waals surface area contributed by atoms with Crippen LogP contribution in [0, 0.1) is 0 Å². The zero-order valence-electron chi connectivity index (χ0n) is 7.66. The third-order valence-electron chi connectivity index (χ3n) is 1.75. The molecular formula is C10H22. The van der Waals surface area contributed by atoms with Crippen molar-refractivity contribution in [2.75, 3.05) is 0 Å². The normalized spacial score (nSPS) is 18.6. The lowest BCUT2D eigenvalue weighted by atomic mass is 10.2. The smallest absolute Gasteiger partial charge is 0.0533 e. The lowest BCUT2D eigenvalue weighted by Gasteiger charge is -1.85. The Hall–Kier alpha value is 0. The van der Waals surface area contributed by atoms with E-state index < -0.39 is 0 Å². The first-order valence-corrected chi connectivity index (χ1v) is 4.91. The highest BCUT2D eigenvalue weighted by Gasteiger charge is 1.95. The largest absolute Gasteiger partial charge is 0.0656 e. The average molecular weight is 142 g/mol. The molecule has 0 heterocycles. The Bertz CT molecular complexity index is 28.3. The first-order chi connectivity index (χ1) is 4.91. The quantitative estimate of drug-likeness (QED) is 0.446. The van der Waals surface area contributed by atoms with Crippen LogP contribution in [-0.2, 0) is 0 Å². The van der Waals surface area contributed by atoms with Gasteiger partial charge in [0.05, 0.1) is 0 Å². The van der Waals surface area contributed by atoms with Gasteiger partial charge in [-0.1, -0.05) is 65.2 Å². The Morgan fingerprint density at radius 3 is 0.800 bits per heavy atom. The second-order valence-electron chi connectivity index (χ2n) is 3.18. The van der Waals surface area contributed by atoms with Crippen molar-refractivity contribution < 1.29 is 0 Å². The van der Waals surface area contributed by atoms with E-state index in [0.29, 0.717) is 0 Å². The van der Waals surface area contributed by atoms with Gasteiger partial charge in [-0.05, 0) is 0 Å². The molecule has 0 aromatic carbocycles. The van der Waals surface area contributed by atoms with E-state index in [1.54, 1.807) is 0 Å². The SMILES string of the molecule is C1CCCCCC1.CCC. The molecule has 0 heteroatoms. The summed E-state index contributed by atoms with van der Waals surface area (Å²) in [5, 5.41) is 0. The predicted molar refractivity (Wildman–Crippen MR) is 48.3 cm³/mol. The molecule has 62 valence electrons. The first kappa shape index (κ1) is 10.0. The van der Waals surface area contributed by atoms with Crippen molar-refractivity contribution in [2.45, 2.75) is 65.2 Å². The van der Waals surface area contributed by atoms with Gasteiger partial charge in [0, 0.05) is 0 Å². The summed E-state index contributed by atoms with van der Waals surface area (Å²) in [5.74, 6) is 0. The van der Waals surface area contributed by atoms with Gasteiger partial charge in [0.1, 0.15) is 0 Å². The van der Waals surface area contributed by atoms with Crippen LogP contribution in [0.5, 0.6) is 0 Å². The summed E-state index contributed by atoms with van der Waals surface area (Å²) < 4.78 is 0. The van der Waals surface area contributed by atoms with Crippen molar-refractivity contribution in [1.82, 2.24) is 0 Å². The Balaban J connectivity index is 0.000000236. The van der Waals surface area contributed by atoms with Crippen molar-refractivity contribution in [3.05, 3.63) is 0 Å². The molecule has 0 nitrogen and oxygen atoms in total. The molecule has 1 aliphatic rings. The fourth-order valence-corrected chi connectivity index (χ4v) is 1.24. The van der Waals surface area contributed by atoms with Crippen LogP contribution in [0.1, 0.15) is 65.2 Å². The fourth-order valence-electron chi connectivity index (χ4n) is 1.24. The van der Waals surface area contributed by atoms with Crippen LogP contribution in [-0.4, -0.2) is 0 Å². The van der Waals surface area contributed by atoms with Crippen LogP contribution in [0.25, 0.3) is 0 Å². The van der Waals surface area contributed by atoms with Gasteiger partial charge in [-0.25, -0.2) is 0 Å². The van der Waals surface area contributed by atoms with E-state index in [-0.39, 0.29) is 0 Å². The summed E-state index contributed by atoms with van der Waals surface area (Å²) in [7, 11) is 0. The minimum Gasteiger partial charge on any atom is -0.0656 e. The molecule has 0 atom stereocenters. The van der Waals surface area contributed by atoms with Crippen molar-refractivity contribution in [3.8, 4) is 0 Å². The topological polar surface area (TPSA) is 0 Å². The number of hydrogen-bond donors (Lipinski definition) is 0. The number of rotatable bonds is 0. The molecule has 1 saturated carbocycles. The highest BCUT2D eigenvalue weighted by Crippen LogP contribution is 2.15. The third kappa shape index (κ3) is 8.00. The summed E-state index contributed by atoms with van der Waals surface area (Å²) in [4.78, 5) is 0. The second-order valence-corrected chi connectivity index (χ2v) is 3.18. The summed E-state index contributed by atoms with van der Waals surface area (Å²) in [6.45, 7) is 4.25. The molecule has 0 unspecified atom stereocenters. The molecule has 0 aliphatic heterocycles. The monoisotopic (exact) mass is 142 g/mol. The molecule has 0 spiro atoms. The first-order valence-electron chi connectivity index (χ1n) is 4.91. The molecule has 1 rings (SSSR count).